The van der Waals surface area contributed by atoms with Crippen LogP contribution in [0.3, 0.4) is 0 Å². The van der Waals surface area contributed by atoms with Crippen LogP contribution >= 0.6 is 11.9 Å². The highest BCUT2D eigenvalue weighted by Gasteiger charge is 2.50. The van der Waals surface area contributed by atoms with Gasteiger partial charge in [0.15, 0.2) is 0 Å². The van der Waals surface area contributed by atoms with Gasteiger partial charge in [0.2, 0.25) is 0 Å². The maximum absolute atomic E-state index is 13.8. The van der Waals surface area contributed by atoms with Gasteiger partial charge in [-0.3, -0.25) is 29.4 Å². The average molecular weight is 909 g/mol. The van der Waals surface area contributed by atoms with E-state index in [2.05, 4.69) is 97.1 Å². The lowest BCUT2D eigenvalue weighted by Crippen LogP contribution is -2.60. The highest BCUT2D eigenvalue weighted by Crippen LogP contribution is 2.53. The molecule has 5 aliphatic rings. The summed E-state index contributed by atoms with van der Waals surface area (Å²) in [7, 11) is 1.64. The highest BCUT2D eigenvalue weighted by molar-refractivity contribution is 7.98. The zero-order chi connectivity index (χ0) is 45.4. The van der Waals surface area contributed by atoms with Crippen LogP contribution in [-0.4, -0.2) is 95.7 Å². The largest absolute Gasteiger partial charge is 0.455 e. The topological polar surface area (TPSA) is 141 Å². The molecule has 0 radical (unpaired) electrons. The number of allylic oxidation sites excluding steroid dienone is 2. The lowest BCUT2D eigenvalue weighted by molar-refractivity contribution is -0.384. The third-order valence-corrected chi connectivity index (χ3v) is 15.7. The first-order chi connectivity index (χ1) is 32.1. The number of hydrogen-bond donors (Lipinski definition) is 3. The molecular weight excluding hydrogens is 849 g/mol. The first-order valence-electron chi connectivity index (χ1n) is 23.6. The first kappa shape index (κ1) is 44.2. The van der Waals surface area contributed by atoms with Gasteiger partial charge >= 0.3 is 0 Å². The molecular formula is C52H60N8O5S. The number of ether oxygens (including phenoxy) is 2. The van der Waals surface area contributed by atoms with E-state index in [1.54, 1.807) is 25.4 Å². The van der Waals surface area contributed by atoms with E-state index in [1.165, 1.54) is 30.0 Å². The third kappa shape index (κ3) is 9.08. The number of carbonyl (C=O) groups excluding carboxylic acids is 1. The highest BCUT2D eigenvalue weighted by atomic mass is 32.2. The number of fused-ring (bicyclic) bond motifs is 2. The fraction of sp³-hybridized carbons (Fsp3) is 0.423. The molecule has 2 aromatic heterocycles. The van der Waals surface area contributed by atoms with Crippen molar-refractivity contribution < 1.29 is 19.2 Å². The average Bonchev–Trinajstić information content (AvgIpc) is 3.81. The summed E-state index contributed by atoms with van der Waals surface area (Å²) in [5.74, 6) is 2.09. The van der Waals surface area contributed by atoms with Gasteiger partial charge in [0.25, 0.3) is 11.6 Å². The van der Waals surface area contributed by atoms with Crippen molar-refractivity contribution >= 4 is 46.0 Å². The van der Waals surface area contributed by atoms with Crippen LogP contribution in [0.2, 0.25) is 0 Å². The molecule has 66 heavy (non-hydrogen) atoms. The number of nitrogens with zero attached hydrogens (tertiary/aromatic N) is 5. The Hall–Kier alpha value is -5.67. The number of nitro groups is 1. The van der Waals surface area contributed by atoms with E-state index in [-0.39, 0.29) is 17.7 Å². The summed E-state index contributed by atoms with van der Waals surface area (Å²) in [6.07, 6.45) is 18.5. The Labute approximate surface area is 391 Å². The van der Waals surface area contributed by atoms with Crippen LogP contribution in [0.5, 0.6) is 11.5 Å². The number of pyridine rings is 1. The molecule has 14 heteroatoms. The fourth-order valence-electron chi connectivity index (χ4n) is 11.4. The molecule has 344 valence electrons. The predicted octanol–water partition coefficient (Wildman–Crippen LogP) is 10.1. The predicted molar refractivity (Wildman–Crippen MR) is 262 cm³/mol. The van der Waals surface area contributed by atoms with Crippen LogP contribution in [-0.2, 0) is 4.74 Å². The van der Waals surface area contributed by atoms with Crippen molar-refractivity contribution in [3.05, 3.63) is 136 Å². The molecule has 13 nitrogen and oxygen atoms in total. The van der Waals surface area contributed by atoms with Crippen LogP contribution in [0.25, 0.3) is 11.0 Å². The minimum absolute atomic E-state index is 0.0668. The molecule has 10 rings (SSSR count). The Morgan fingerprint density at radius 1 is 1.03 bits per heavy atom. The van der Waals surface area contributed by atoms with E-state index >= 15 is 0 Å². The standard InChI is InChI=1S/C52H60N8O5S/c1-34(2)41-8-4-5-10-43(41)47-33-57(32-36-17-25-64-48-11-7-6-9-42(36)48)23-24-59(47)38-29-52(30-38)18-21-58(22-19-52)37-12-14-44(49(27-37)65-39-26-35-16-20-54-50(35)55-31-39)51(61)56-66-40-13-15-45(53-3)46(28-40)60(62)63/h4-16,20,26-28,31,34,36,38,42,47-48,53H,17-19,21-25,29-30,32-33H2,1-3H3,(H,54,55)(H,56,61). The summed E-state index contributed by atoms with van der Waals surface area (Å²) in [6, 6.07) is 24.6. The zero-order valence-corrected chi connectivity index (χ0v) is 38.8. The monoisotopic (exact) mass is 908 g/mol. The van der Waals surface area contributed by atoms with Crippen LogP contribution in [0, 0.1) is 27.4 Å². The van der Waals surface area contributed by atoms with E-state index in [1.807, 2.05) is 36.5 Å². The number of piperidine rings is 1. The van der Waals surface area contributed by atoms with Gasteiger partial charge in [-0.25, -0.2) is 4.98 Å². The number of H-pyrrole nitrogens is 1. The second-order valence-electron chi connectivity index (χ2n) is 19.2. The number of nitro benzene ring substituents is 1. The first-order valence-corrected chi connectivity index (χ1v) is 24.4. The Kier molecular flexibility index (Phi) is 12.7. The molecule has 2 aliphatic carbocycles. The number of aromatic nitrogens is 2. The van der Waals surface area contributed by atoms with E-state index in [9.17, 15) is 14.9 Å². The van der Waals surface area contributed by atoms with Gasteiger partial charge < -0.3 is 24.7 Å². The molecule has 5 aromatic rings. The van der Waals surface area contributed by atoms with Gasteiger partial charge in [-0.05, 0) is 109 Å². The van der Waals surface area contributed by atoms with Crippen LogP contribution < -0.4 is 19.7 Å². The number of piperazine rings is 1. The zero-order valence-electron chi connectivity index (χ0n) is 38.0. The summed E-state index contributed by atoms with van der Waals surface area (Å²) in [5, 5.41) is 15.4. The lowest BCUT2D eigenvalue weighted by Gasteiger charge is -2.58. The molecule has 4 fully saturated rings. The lowest BCUT2D eigenvalue weighted by atomic mass is 9.59. The molecule has 1 saturated carbocycles. The van der Waals surface area contributed by atoms with Crippen LogP contribution in [0.15, 0.2) is 114 Å². The van der Waals surface area contributed by atoms with E-state index in [4.69, 9.17) is 9.47 Å². The van der Waals surface area contributed by atoms with Crippen LogP contribution in [0.1, 0.15) is 79.4 Å². The second-order valence-corrected chi connectivity index (χ2v) is 20.0. The summed E-state index contributed by atoms with van der Waals surface area (Å²) in [5.41, 5.74) is 5.74. The molecule has 4 atom stereocenters. The molecule has 3 N–H and O–H groups in total. The summed E-state index contributed by atoms with van der Waals surface area (Å²) < 4.78 is 15.5. The Bertz CT molecular complexity index is 2630. The molecule has 1 spiro atoms. The SMILES string of the molecule is CNc1ccc(SNC(=O)c2ccc(N3CCC4(CC3)CC(N3CCN(CC5CCOC6C=CC=CC56)CC3c3ccccc3C(C)C)C4)cc2Oc2cnc3[nH]ccc3c2)cc1[N+](=O)[O-]. The van der Waals surface area contributed by atoms with Crippen molar-refractivity contribution in [2.24, 2.45) is 17.3 Å². The molecule has 1 amide bonds. The van der Waals surface area contributed by atoms with Crippen molar-refractivity contribution in [2.45, 2.75) is 75.0 Å². The smallest absolute Gasteiger partial charge is 0.293 e. The number of carbonyl (C=O) groups is 1. The van der Waals surface area contributed by atoms with Crippen molar-refractivity contribution in [1.29, 1.82) is 0 Å². The van der Waals surface area contributed by atoms with Crippen molar-refractivity contribution in [3.63, 3.8) is 0 Å². The van der Waals surface area contributed by atoms with Crippen molar-refractivity contribution in [3.8, 4) is 11.5 Å². The van der Waals surface area contributed by atoms with E-state index in [0.717, 1.165) is 93.8 Å². The van der Waals surface area contributed by atoms with E-state index in [0.29, 0.717) is 62.9 Å². The summed E-state index contributed by atoms with van der Waals surface area (Å²) in [6.45, 7) is 11.7. The van der Waals surface area contributed by atoms with Crippen LogP contribution in [0.4, 0.5) is 17.1 Å². The van der Waals surface area contributed by atoms with Gasteiger partial charge in [-0.2, -0.15) is 0 Å². The number of hydrogen-bond acceptors (Lipinski definition) is 11. The maximum atomic E-state index is 13.8. The second kappa shape index (κ2) is 18.9. The molecule has 3 aliphatic heterocycles. The van der Waals surface area contributed by atoms with Gasteiger partial charge in [-0.1, -0.05) is 62.4 Å². The Morgan fingerprint density at radius 3 is 2.68 bits per heavy atom. The third-order valence-electron chi connectivity index (χ3n) is 14.9. The molecule has 4 unspecified atom stereocenters. The minimum atomic E-state index is -0.440. The van der Waals surface area contributed by atoms with Crippen molar-refractivity contribution in [1.82, 2.24) is 24.5 Å². The Morgan fingerprint density at radius 2 is 1.86 bits per heavy atom. The number of benzene rings is 3. The van der Waals surface area contributed by atoms with Gasteiger partial charge in [-0.15, -0.1) is 0 Å². The Balaban J connectivity index is 0.825. The fourth-order valence-corrected chi connectivity index (χ4v) is 12.0. The normalized spacial score (nSPS) is 23.2. The van der Waals surface area contributed by atoms with E-state index < -0.39 is 4.92 Å². The maximum Gasteiger partial charge on any atom is 0.293 e. The van der Waals surface area contributed by atoms with Gasteiger partial charge in [0.05, 0.1) is 22.8 Å². The number of nitrogens with one attached hydrogen (secondary N) is 3. The van der Waals surface area contributed by atoms with Crippen molar-refractivity contribution in [2.75, 3.05) is 63.1 Å². The number of aromatic amines is 1. The quantitative estimate of drug-likeness (QED) is 0.0591. The summed E-state index contributed by atoms with van der Waals surface area (Å²) in [4.78, 5) is 41.3. The molecule has 3 aromatic carbocycles. The minimum Gasteiger partial charge on any atom is -0.455 e. The number of rotatable bonds is 13. The number of anilines is 2. The summed E-state index contributed by atoms with van der Waals surface area (Å²) >= 11 is 1.03. The molecule has 5 heterocycles. The number of amides is 1. The van der Waals surface area contributed by atoms with Gasteiger partial charge in [0.1, 0.15) is 22.8 Å². The molecule has 3 saturated heterocycles. The molecule has 0 bridgehead atoms. The van der Waals surface area contributed by atoms with Gasteiger partial charge in [0, 0.05) is 105 Å².